The molecule has 1 aromatic carbocycles. The molecule has 0 bridgehead atoms. The Hall–Kier alpha value is -0.810. The van der Waals surface area contributed by atoms with Crippen molar-refractivity contribution in [3.8, 4) is 5.75 Å². The SMILES string of the molecule is CCN1CCC(CCCOc2cc(F)c(SC)c(F)c2)CC1. The highest BCUT2D eigenvalue weighted by molar-refractivity contribution is 7.98. The minimum Gasteiger partial charge on any atom is -0.493 e. The molecule has 0 aliphatic carbocycles. The Labute approximate surface area is 136 Å². The van der Waals surface area contributed by atoms with Crippen molar-refractivity contribution in [2.24, 2.45) is 5.92 Å². The van der Waals surface area contributed by atoms with Gasteiger partial charge in [-0.1, -0.05) is 6.92 Å². The lowest BCUT2D eigenvalue weighted by Gasteiger charge is -2.30. The standard InChI is InChI=1S/C17H25F2NOS/c1-3-20-8-6-13(7-9-20)5-4-10-21-14-11-15(18)17(22-2)16(19)12-14/h11-13H,3-10H2,1-2H3. The molecule has 0 saturated carbocycles. The second-order valence-electron chi connectivity index (χ2n) is 5.79. The molecule has 1 aliphatic heterocycles. The first-order chi connectivity index (χ1) is 10.6. The molecule has 2 nitrogen and oxygen atoms in total. The number of benzene rings is 1. The van der Waals surface area contributed by atoms with Gasteiger partial charge in [0.05, 0.1) is 11.5 Å². The Morgan fingerprint density at radius 2 is 1.86 bits per heavy atom. The van der Waals surface area contributed by atoms with Crippen molar-refractivity contribution in [3.63, 3.8) is 0 Å². The zero-order valence-electron chi connectivity index (χ0n) is 13.4. The van der Waals surface area contributed by atoms with E-state index in [1.54, 1.807) is 6.26 Å². The van der Waals surface area contributed by atoms with Gasteiger partial charge >= 0.3 is 0 Å². The molecule has 1 aromatic rings. The number of rotatable bonds is 7. The van der Waals surface area contributed by atoms with Crippen LogP contribution in [0.2, 0.25) is 0 Å². The first kappa shape index (κ1) is 17.5. The topological polar surface area (TPSA) is 12.5 Å². The molecular formula is C17H25F2NOS. The van der Waals surface area contributed by atoms with E-state index in [2.05, 4.69) is 11.8 Å². The predicted molar refractivity (Wildman–Crippen MR) is 87.7 cm³/mol. The fraction of sp³-hybridized carbons (Fsp3) is 0.647. The van der Waals surface area contributed by atoms with Crippen LogP contribution in [0, 0.1) is 17.6 Å². The summed E-state index contributed by atoms with van der Waals surface area (Å²) in [5, 5.41) is 0. The van der Waals surface area contributed by atoms with Gasteiger partial charge in [-0.15, -0.1) is 11.8 Å². The highest BCUT2D eigenvalue weighted by Crippen LogP contribution is 2.28. The third-order valence-corrected chi connectivity index (χ3v) is 5.15. The van der Waals surface area contributed by atoms with Crippen molar-refractivity contribution in [2.75, 3.05) is 32.5 Å². The molecule has 1 fully saturated rings. The van der Waals surface area contributed by atoms with Gasteiger partial charge in [-0.25, -0.2) is 8.78 Å². The van der Waals surface area contributed by atoms with Gasteiger partial charge in [0.1, 0.15) is 17.4 Å². The second-order valence-corrected chi connectivity index (χ2v) is 6.60. The lowest BCUT2D eigenvalue weighted by atomic mass is 9.92. The van der Waals surface area contributed by atoms with E-state index in [9.17, 15) is 8.78 Å². The first-order valence-electron chi connectivity index (χ1n) is 8.02. The number of hydrogen-bond acceptors (Lipinski definition) is 3. The molecule has 0 radical (unpaired) electrons. The maximum Gasteiger partial charge on any atom is 0.143 e. The number of halogens is 2. The van der Waals surface area contributed by atoms with Crippen LogP contribution in [-0.2, 0) is 0 Å². The first-order valence-corrected chi connectivity index (χ1v) is 9.24. The van der Waals surface area contributed by atoms with Crippen molar-refractivity contribution < 1.29 is 13.5 Å². The van der Waals surface area contributed by atoms with Gasteiger partial charge < -0.3 is 9.64 Å². The summed E-state index contributed by atoms with van der Waals surface area (Å²) in [6.07, 6.45) is 6.22. The summed E-state index contributed by atoms with van der Waals surface area (Å²) in [6.45, 7) is 6.24. The Kier molecular flexibility index (Phi) is 6.96. The van der Waals surface area contributed by atoms with Crippen molar-refractivity contribution in [3.05, 3.63) is 23.8 Å². The molecule has 0 unspecified atom stereocenters. The number of likely N-dealkylation sites (tertiary alicyclic amines) is 1. The molecule has 0 aromatic heterocycles. The van der Waals surface area contributed by atoms with Crippen LogP contribution in [0.15, 0.2) is 17.0 Å². The molecule has 1 heterocycles. The largest absolute Gasteiger partial charge is 0.493 e. The maximum absolute atomic E-state index is 13.6. The Morgan fingerprint density at radius 3 is 2.41 bits per heavy atom. The molecule has 22 heavy (non-hydrogen) atoms. The third kappa shape index (κ3) is 4.85. The van der Waals surface area contributed by atoms with E-state index in [-0.39, 0.29) is 10.6 Å². The van der Waals surface area contributed by atoms with Crippen LogP contribution in [0.4, 0.5) is 8.78 Å². The van der Waals surface area contributed by atoms with Crippen molar-refractivity contribution >= 4 is 11.8 Å². The van der Waals surface area contributed by atoms with Gasteiger partial charge in [0.25, 0.3) is 0 Å². The molecule has 0 N–H and O–H groups in total. The summed E-state index contributed by atoms with van der Waals surface area (Å²) >= 11 is 1.07. The Morgan fingerprint density at radius 1 is 1.23 bits per heavy atom. The van der Waals surface area contributed by atoms with Crippen LogP contribution in [0.5, 0.6) is 5.75 Å². The summed E-state index contributed by atoms with van der Waals surface area (Å²) in [6, 6.07) is 2.54. The molecule has 124 valence electrons. The normalized spacial score (nSPS) is 16.9. The Bertz CT molecular complexity index is 453. The zero-order chi connectivity index (χ0) is 15.9. The van der Waals surface area contributed by atoms with Crippen LogP contribution >= 0.6 is 11.8 Å². The zero-order valence-corrected chi connectivity index (χ0v) is 14.2. The highest BCUT2D eigenvalue weighted by Gasteiger charge is 2.17. The van der Waals surface area contributed by atoms with E-state index in [0.29, 0.717) is 6.61 Å². The summed E-state index contributed by atoms with van der Waals surface area (Å²) in [7, 11) is 0. The number of thioether (sulfide) groups is 1. The quantitative estimate of drug-likeness (QED) is 0.537. The maximum atomic E-state index is 13.6. The molecule has 1 saturated heterocycles. The van der Waals surface area contributed by atoms with Gasteiger partial charge in [-0.3, -0.25) is 0 Å². The minimum absolute atomic E-state index is 0.0510. The molecule has 5 heteroatoms. The van der Waals surface area contributed by atoms with E-state index in [4.69, 9.17) is 4.74 Å². The van der Waals surface area contributed by atoms with Gasteiger partial charge in [0, 0.05) is 12.1 Å². The van der Waals surface area contributed by atoms with Gasteiger partial charge in [-0.05, 0) is 57.5 Å². The molecule has 0 amide bonds. The van der Waals surface area contributed by atoms with Crippen LogP contribution in [0.3, 0.4) is 0 Å². The van der Waals surface area contributed by atoms with Crippen LogP contribution < -0.4 is 4.74 Å². The lowest BCUT2D eigenvalue weighted by molar-refractivity contribution is 0.179. The molecule has 0 atom stereocenters. The van der Waals surface area contributed by atoms with Crippen LogP contribution in [0.25, 0.3) is 0 Å². The van der Waals surface area contributed by atoms with Crippen molar-refractivity contribution in [1.29, 1.82) is 0 Å². The Balaban J connectivity index is 1.71. The molecular weight excluding hydrogens is 304 g/mol. The van der Waals surface area contributed by atoms with Gasteiger partial charge in [0.15, 0.2) is 0 Å². The summed E-state index contributed by atoms with van der Waals surface area (Å²) in [5.74, 6) is -0.0452. The van der Waals surface area contributed by atoms with Gasteiger partial charge in [-0.2, -0.15) is 0 Å². The van der Waals surface area contributed by atoms with Crippen molar-refractivity contribution in [2.45, 2.75) is 37.5 Å². The number of piperidine rings is 1. The van der Waals surface area contributed by atoms with E-state index in [1.165, 1.54) is 38.1 Å². The summed E-state index contributed by atoms with van der Waals surface area (Å²) in [4.78, 5) is 2.53. The summed E-state index contributed by atoms with van der Waals surface area (Å²) in [5.41, 5.74) is 0. The smallest absolute Gasteiger partial charge is 0.143 e. The molecule has 0 spiro atoms. The molecule has 2 rings (SSSR count). The third-order valence-electron chi connectivity index (χ3n) is 4.36. The average Bonchev–Trinajstić information content (AvgIpc) is 2.52. The van der Waals surface area contributed by atoms with E-state index < -0.39 is 11.6 Å². The number of ether oxygens (including phenoxy) is 1. The van der Waals surface area contributed by atoms with Crippen molar-refractivity contribution in [1.82, 2.24) is 4.90 Å². The number of nitrogens with zero attached hydrogens (tertiary/aromatic N) is 1. The minimum atomic E-state index is -0.547. The van der Waals surface area contributed by atoms with Crippen LogP contribution in [-0.4, -0.2) is 37.4 Å². The van der Waals surface area contributed by atoms with Crippen LogP contribution in [0.1, 0.15) is 32.6 Å². The van der Waals surface area contributed by atoms with E-state index in [0.717, 1.165) is 37.1 Å². The second kappa shape index (κ2) is 8.73. The fourth-order valence-corrected chi connectivity index (χ4v) is 3.48. The molecule has 1 aliphatic rings. The van der Waals surface area contributed by atoms with Gasteiger partial charge in [0.2, 0.25) is 0 Å². The van der Waals surface area contributed by atoms with E-state index >= 15 is 0 Å². The fourth-order valence-electron chi connectivity index (χ4n) is 2.97. The lowest BCUT2D eigenvalue weighted by Crippen LogP contribution is -2.33. The number of hydrogen-bond donors (Lipinski definition) is 0. The average molecular weight is 329 g/mol. The summed E-state index contributed by atoms with van der Waals surface area (Å²) < 4.78 is 32.8. The van der Waals surface area contributed by atoms with E-state index in [1.807, 2.05) is 0 Å². The predicted octanol–water partition coefficient (Wildman–Crippen LogP) is 4.58. The monoisotopic (exact) mass is 329 g/mol. The highest BCUT2D eigenvalue weighted by atomic mass is 32.2.